The van der Waals surface area contributed by atoms with E-state index in [4.69, 9.17) is 0 Å². The largest absolute Gasteiger partial charge is 0.366 e. The molecule has 2 heterocycles. The maximum atomic E-state index is 4.35. The van der Waals surface area contributed by atoms with Gasteiger partial charge in [0.05, 0.1) is 0 Å². The van der Waals surface area contributed by atoms with Crippen LogP contribution in [-0.2, 0) is 0 Å². The van der Waals surface area contributed by atoms with Gasteiger partial charge in [-0.15, -0.1) is 0 Å². The normalized spacial score (nSPS) is 21.9. The van der Waals surface area contributed by atoms with Gasteiger partial charge in [-0.1, -0.05) is 0 Å². The molecule has 1 saturated heterocycles. The highest BCUT2D eigenvalue weighted by Gasteiger charge is 2.19. The Morgan fingerprint density at radius 1 is 1.60 bits per heavy atom. The standard InChI is InChI=1S/C11H16BrN3/c1-8-5-11(13-6-10(8)12)14-9-3-4-15(2)7-9/h5-6,9H,3-4,7H2,1-2H3,(H,13,14). The molecule has 3 nitrogen and oxygen atoms in total. The van der Waals surface area contributed by atoms with Crippen molar-refractivity contribution in [3.05, 3.63) is 22.3 Å². The summed E-state index contributed by atoms with van der Waals surface area (Å²) < 4.78 is 1.07. The van der Waals surface area contributed by atoms with Gasteiger partial charge in [-0.3, -0.25) is 0 Å². The van der Waals surface area contributed by atoms with Gasteiger partial charge in [0.1, 0.15) is 5.82 Å². The molecule has 0 radical (unpaired) electrons. The van der Waals surface area contributed by atoms with Gasteiger partial charge in [0.15, 0.2) is 0 Å². The zero-order chi connectivity index (χ0) is 10.8. The SMILES string of the molecule is Cc1cc(NC2CCN(C)C2)ncc1Br. The lowest BCUT2D eigenvalue weighted by atomic mass is 10.2. The fourth-order valence-corrected chi connectivity index (χ4v) is 2.10. The van der Waals surface area contributed by atoms with Gasteiger partial charge >= 0.3 is 0 Å². The number of nitrogens with one attached hydrogen (secondary N) is 1. The van der Waals surface area contributed by atoms with E-state index in [9.17, 15) is 0 Å². The molecule has 0 bridgehead atoms. The van der Waals surface area contributed by atoms with Crippen LogP contribution >= 0.6 is 15.9 Å². The lowest BCUT2D eigenvalue weighted by molar-refractivity contribution is 0.414. The maximum Gasteiger partial charge on any atom is 0.126 e. The molecule has 0 saturated carbocycles. The number of anilines is 1. The van der Waals surface area contributed by atoms with Crippen molar-refractivity contribution in [3.63, 3.8) is 0 Å². The van der Waals surface area contributed by atoms with Crippen LogP contribution in [0.1, 0.15) is 12.0 Å². The Morgan fingerprint density at radius 2 is 2.40 bits per heavy atom. The van der Waals surface area contributed by atoms with Gasteiger partial charge in [-0.2, -0.15) is 0 Å². The van der Waals surface area contributed by atoms with Crippen molar-refractivity contribution in [1.82, 2.24) is 9.88 Å². The highest BCUT2D eigenvalue weighted by molar-refractivity contribution is 9.10. The van der Waals surface area contributed by atoms with Crippen LogP contribution in [-0.4, -0.2) is 36.1 Å². The minimum atomic E-state index is 0.545. The van der Waals surface area contributed by atoms with Gasteiger partial charge in [0, 0.05) is 23.3 Å². The number of aromatic nitrogens is 1. The Bertz CT molecular complexity index is 354. The van der Waals surface area contributed by atoms with E-state index in [1.165, 1.54) is 18.5 Å². The molecule has 0 aliphatic carbocycles. The number of hydrogen-bond donors (Lipinski definition) is 1. The summed E-state index contributed by atoms with van der Waals surface area (Å²) in [4.78, 5) is 6.69. The highest BCUT2D eigenvalue weighted by atomic mass is 79.9. The van der Waals surface area contributed by atoms with Crippen LogP contribution in [0.3, 0.4) is 0 Å². The fraction of sp³-hybridized carbons (Fsp3) is 0.545. The Morgan fingerprint density at radius 3 is 3.00 bits per heavy atom. The molecule has 0 spiro atoms. The molecular weight excluding hydrogens is 254 g/mol. The summed E-state index contributed by atoms with van der Waals surface area (Å²) in [6.07, 6.45) is 3.06. The zero-order valence-electron chi connectivity index (χ0n) is 9.13. The Labute approximate surface area is 99.0 Å². The third kappa shape index (κ3) is 2.69. The van der Waals surface area contributed by atoms with Crippen LogP contribution in [0.15, 0.2) is 16.7 Å². The molecule has 82 valence electrons. The van der Waals surface area contributed by atoms with Crippen LogP contribution in [0.2, 0.25) is 0 Å². The van der Waals surface area contributed by atoms with Crippen molar-refractivity contribution in [3.8, 4) is 0 Å². The quantitative estimate of drug-likeness (QED) is 0.893. The van der Waals surface area contributed by atoms with Crippen LogP contribution in [0.5, 0.6) is 0 Å². The Balaban J connectivity index is 2.02. The number of nitrogens with zero attached hydrogens (tertiary/aromatic N) is 2. The van der Waals surface area contributed by atoms with Crippen molar-refractivity contribution in [2.45, 2.75) is 19.4 Å². The van der Waals surface area contributed by atoms with Gasteiger partial charge in [0.25, 0.3) is 0 Å². The average Bonchev–Trinajstić information content (AvgIpc) is 2.58. The Hall–Kier alpha value is -0.610. The van der Waals surface area contributed by atoms with E-state index in [0.717, 1.165) is 16.8 Å². The zero-order valence-corrected chi connectivity index (χ0v) is 10.7. The first-order chi connectivity index (χ1) is 7.15. The molecule has 1 aliphatic heterocycles. The van der Waals surface area contributed by atoms with Gasteiger partial charge < -0.3 is 10.2 Å². The number of aryl methyl sites for hydroxylation is 1. The molecule has 1 N–H and O–H groups in total. The van der Waals surface area contributed by atoms with Crippen molar-refractivity contribution in [1.29, 1.82) is 0 Å². The number of pyridine rings is 1. The molecular formula is C11H16BrN3. The number of rotatable bonds is 2. The Kier molecular flexibility index (Phi) is 3.26. The van der Waals surface area contributed by atoms with Gasteiger partial charge in [-0.05, 0) is 54.5 Å². The minimum Gasteiger partial charge on any atom is -0.366 e. The van der Waals surface area contributed by atoms with Crippen LogP contribution < -0.4 is 5.32 Å². The number of likely N-dealkylation sites (N-methyl/N-ethyl adjacent to an activating group) is 1. The molecule has 2 rings (SSSR count). The van der Waals surface area contributed by atoms with E-state index in [2.05, 4.69) is 51.2 Å². The average molecular weight is 270 g/mol. The van der Waals surface area contributed by atoms with E-state index in [0.29, 0.717) is 6.04 Å². The second-order valence-electron chi connectivity index (χ2n) is 4.21. The number of hydrogen-bond acceptors (Lipinski definition) is 3. The van der Waals surface area contributed by atoms with E-state index in [-0.39, 0.29) is 0 Å². The van der Waals surface area contributed by atoms with E-state index in [1.807, 2.05) is 6.20 Å². The van der Waals surface area contributed by atoms with E-state index >= 15 is 0 Å². The molecule has 0 aromatic carbocycles. The monoisotopic (exact) mass is 269 g/mol. The second kappa shape index (κ2) is 4.49. The van der Waals surface area contributed by atoms with Crippen molar-refractivity contribution in [2.24, 2.45) is 0 Å². The molecule has 1 aliphatic rings. The van der Waals surface area contributed by atoms with E-state index in [1.54, 1.807) is 0 Å². The molecule has 1 unspecified atom stereocenters. The molecule has 1 aromatic rings. The summed E-state index contributed by atoms with van der Waals surface area (Å²) in [5, 5.41) is 3.47. The topological polar surface area (TPSA) is 28.2 Å². The van der Waals surface area contributed by atoms with Crippen LogP contribution in [0.25, 0.3) is 0 Å². The molecule has 15 heavy (non-hydrogen) atoms. The summed E-state index contributed by atoms with van der Waals surface area (Å²) >= 11 is 3.45. The van der Waals surface area contributed by atoms with Crippen LogP contribution in [0, 0.1) is 6.92 Å². The lowest BCUT2D eigenvalue weighted by Crippen LogP contribution is -2.23. The summed E-state index contributed by atoms with van der Waals surface area (Å²) in [5.41, 5.74) is 1.22. The fourth-order valence-electron chi connectivity index (χ4n) is 1.88. The molecule has 0 amide bonds. The van der Waals surface area contributed by atoms with Crippen molar-refractivity contribution in [2.75, 3.05) is 25.5 Å². The third-order valence-corrected chi connectivity index (χ3v) is 3.62. The predicted molar refractivity (Wildman–Crippen MR) is 66.2 cm³/mol. The summed E-state index contributed by atoms with van der Waals surface area (Å²) in [6, 6.07) is 2.63. The molecule has 1 fully saturated rings. The van der Waals surface area contributed by atoms with Gasteiger partial charge in [0.2, 0.25) is 0 Å². The molecule has 4 heteroatoms. The summed E-state index contributed by atoms with van der Waals surface area (Å²) in [7, 11) is 2.15. The lowest BCUT2D eigenvalue weighted by Gasteiger charge is -2.13. The minimum absolute atomic E-state index is 0.545. The predicted octanol–water partition coefficient (Wildman–Crippen LogP) is 2.27. The first-order valence-corrected chi connectivity index (χ1v) is 6.01. The second-order valence-corrected chi connectivity index (χ2v) is 5.07. The third-order valence-electron chi connectivity index (χ3n) is 2.79. The van der Waals surface area contributed by atoms with E-state index < -0.39 is 0 Å². The van der Waals surface area contributed by atoms with Gasteiger partial charge in [-0.25, -0.2) is 4.98 Å². The van der Waals surface area contributed by atoms with Crippen molar-refractivity contribution >= 4 is 21.7 Å². The van der Waals surface area contributed by atoms with Crippen LogP contribution in [0.4, 0.5) is 5.82 Å². The number of halogens is 1. The first kappa shape index (κ1) is 10.9. The maximum absolute atomic E-state index is 4.35. The molecule has 1 atom stereocenters. The highest BCUT2D eigenvalue weighted by Crippen LogP contribution is 2.19. The smallest absolute Gasteiger partial charge is 0.126 e. The number of likely N-dealkylation sites (tertiary alicyclic amines) is 1. The van der Waals surface area contributed by atoms with Crippen molar-refractivity contribution < 1.29 is 0 Å². The first-order valence-electron chi connectivity index (χ1n) is 5.22. The summed E-state index contributed by atoms with van der Waals surface area (Å²) in [5.74, 6) is 0.982. The summed E-state index contributed by atoms with van der Waals surface area (Å²) in [6.45, 7) is 4.36. The molecule has 1 aromatic heterocycles.